The Bertz CT molecular complexity index is 322. The third-order valence-corrected chi connectivity index (χ3v) is 1.87. The molecule has 0 radical (unpaired) electrons. The van der Waals surface area contributed by atoms with Crippen LogP contribution in [0, 0.1) is 11.3 Å². The first-order chi connectivity index (χ1) is 6.27. The van der Waals surface area contributed by atoms with E-state index in [1.165, 1.54) is 0 Å². The van der Waals surface area contributed by atoms with Crippen LogP contribution in [-0.2, 0) is 0 Å². The van der Waals surface area contributed by atoms with Gasteiger partial charge in [-0.1, -0.05) is 23.7 Å². The molecule has 0 saturated heterocycles. The fourth-order valence-electron chi connectivity index (χ4n) is 0.885. The molecule has 1 aromatic rings. The number of halogens is 1. The molecule has 0 bridgehead atoms. The number of aliphatic hydroxyl groups is 1. The highest BCUT2D eigenvalue weighted by Crippen LogP contribution is 2.20. The summed E-state index contributed by atoms with van der Waals surface area (Å²) in [5.74, 6) is 0. The van der Waals surface area contributed by atoms with Crippen LogP contribution >= 0.6 is 11.6 Å². The van der Waals surface area contributed by atoms with Crippen LogP contribution in [0.15, 0.2) is 24.3 Å². The van der Waals surface area contributed by atoms with Crippen LogP contribution in [0.25, 0.3) is 0 Å². The van der Waals surface area contributed by atoms with E-state index >= 15 is 0 Å². The standard InChI is InChI=1S/C9H9ClN2O/c10-8-3-1-2-4-9(8)12-7(5-11)6-13/h1-4,7,12-13H,6H2. The molecular weight excluding hydrogens is 188 g/mol. The van der Waals surface area contributed by atoms with Gasteiger partial charge in [0, 0.05) is 0 Å². The molecule has 2 N–H and O–H groups in total. The van der Waals surface area contributed by atoms with Crippen molar-refractivity contribution in [3.63, 3.8) is 0 Å². The molecule has 68 valence electrons. The maximum Gasteiger partial charge on any atom is 0.137 e. The van der Waals surface area contributed by atoms with Crippen molar-refractivity contribution < 1.29 is 5.11 Å². The number of nitrogens with one attached hydrogen (secondary N) is 1. The number of para-hydroxylation sites is 1. The Hall–Kier alpha value is -1.24. The van der Waals surface area contributed by atoms with E-state index in [9.17, 15) is 0 Å². The number of anilines is 1. The van der Waals surface area contributed by atoms with Gasteiger partial charge in [0.1, 0.15) is 6.04 Å². The van der Waals surface area contributed by atoms with Crippen molar-refractivity contribution in [1.82, 2.24) is 0 Å². The summed E-state index contributed by atoms with van der Waals surface area (Å²) in [4.78, 5) is 0. The fourth-order valence-corrected chi connectivity index (χ4v) is 1.08. The van der Waals surface area contributed by atoms with Crippen LogP contribution in [0.1, 0.15) is 0 Å². The molecule has 13 heavy (non-hydrogen) atoms. The van der Waals surface area contributed by atoms with Crippen molar-refractivity contribution in [1.29, 1.82) is 5.26 Å². The molecule has 1 aromatic carbocycles. The van der Waals surface area contributed by atoms with Crippen LogP contribution in [0.2, 0.25) is 5.02 Å². The lowest BCUT2D eigenvalue weighted by atomic mass is 10.2. The second-order valence-electron chi connectivity index (χ2n) is 2.49. The van der Waals surface area contributed by atoms with Gasteiger partial charge in [-0.25, -0.2) is 0 Å². The Morgan fingerprint density at radius 3 is 2.77 bits per heavy atom. The van der Waals surface area contributed by atoms with Crippen molar-refractivity contribution in [3.05, 3.63) is 29.3 Å². The molecule has 1 unspecified atom stereocenters. The Morgan fingerprint density at radius 2 is 2.23 bits per heavy atom. The van der Waals surface area contributed by atoms with Crippen molar-refractivity contribution in [2.75, 3.05) is 11.9 Å². The van der Waals surface area contributed by atoms with Gasteiger partial charge < -0.3 is 10.4 Å². The zero-order valence-electron chi connectivity index (χ0n) is 6.87. The molecule has 0 saturated carbocycles. The largest absolute Gasteiger partial charge is 0.393 e. The summed E-state index contributed by atoms with van der Waals surface area (Å²) in [5.41, 5.74) is 0.657. The van der Waals surface area contributed by atoms with E-state index in [0.717, 1.165) is 0 Å². The van der Waals surface area contributed by atoms with Crippen LogP contribution in [0.4, 0.5) is 5.69 Å². The summed E-state index contributed by atoms with van der Waals surface area (Å²) in [6, 6.07) is 8.37. The van der Waals surface area contributed by atoms with E-state index in [2.05, 4.69) is 5.32 Å². The first kappa shape index (κ1) is 9.85. The predicted octanol–water partition coefficient (Wildman–Crippen LogP) is 1.64. The van der Waals surface area contributed by atoms with E-state index in [-0.39, 0.29) is 6.61 Å². The van der Waals surface area contributed by atoms with Gasteiger partial charge in [-0.2, -0.15) is 5.26 Å². The zero-order valence-corrected chi connectivity index (χ0v) is 7.62. The van der Waals surface area contributed by atoms with Gasteiger partial charge in [0.15, 0.2) is 0 Å². The van der Waals surface area contributed by atoms with Crippen LogP contribution in [0.3, 0.4) is 0 Å². The lowest BCUT2D eigenvalue weighted by Gasteiger charge is -2.10. The van der Waals surface area contributed by atoms with Gasteiger partial charge in [0.2, 0.25) is 0 Å². The topological polar surface area (TPSA) is 56.0 Å². The highest BCUT2D eigenvalue weighted by Gasteiger charge is 2.06. The highest BCUT2D eigenvalue weighted by molar-refractivity contribution is 6.33. The van der Waals surface area contributed by atoms with E-state index in [4.69, 9.17) is 22.0 Å². The highest BCUT2D eigenvalue weighted by atomic mass is 35.5. The monoisotopic (exact) mass is 196 g/mol. The molecule has 3 nitrogen and oxygen atoms in total. The summed E-state index contributed by atoms with van der Waals surface area (Å²) < 4.78 is 0. The van der Waals surface area contributed by atoms with Gasteiger partial charge in [-0.3, -0.25) is 0 Å². The van der Waals surface area contributed by atoms with Crippen LogP contribution in [0.5, 0.6) is 0 Å². The lowest BCUT2D eigenvalue weighted by molar-refractivity contribution is 0.293. The lowest BCUT2D eigenvalue weighted by Crippen LogP contribution is -2.21. The molecule has 0 spiro atoms. The molecule has 0 aliphatic heterocycles. The normalized spacial score (nSPS) is 11.8. The van der Waals surface area contributed by atoms with E-state index in [0.29, 0.717) is 10.7 Å². The molecule has 0 aliphatic carbocycles. The third-order valence-electron chi connectivity index (χ3n) is 1.54. The summed E-state index contributed by atoms with van der Waals surface area (Å²) in [6.07, 6.45) is 0. The average Bonchev–Trinajstić information content (AvgIpc) is 2.17. The fraction of sp³-hybridized carbons (Fsp3) is 0.222. The molecule has 1 atom stereocenters. The number of nitrogens with zero attached hydrogens (tertiary/aromatic N) is 1. The zero-order chi connectivity index (χ0) is 9.68. The van der Waals surface area contributed by atoms with Crippen molar-refractivity contribution >= 4 is 17.3 Å². The molecule has 0 fully saturated rings. The summed E-state index contributed by atoms with van der Waals surface area (Å²) in [5, 5.41) is 20.7. The van der Waals surface area contributed by atoms with E-state index < -0.39 is 6.04 Å². The molecule has 0 heterocycles. The van der Waals surface area contributed by atoms with Crippen LogP contribution < -0.4 is 5.32 Å². The minimum Gasteiger partial charge on any atom is -0.393 e. The van der Waals surface area contributed by atoms with E-state index in [1.807, 2.05) is 6.07 Å². The Labute approximate surface area is 81.6 Å². The average molecular weight is 197 g/mol. The van der Waals surface area contributed by atoms with Crippen molar-refractivity contribution in [2.45, 2.75) is 6.04 Å². The molecule has 0 aromatic heterocycles. The maximum absolute atomic E-state index is 8.75. The molecule has 0 amide bonds. The third kappa shape index (κ3) is 2.62. The van der Waals surface area contributed by atoms with Gasteiger partial charge in [-0.15, -0.1) is 0 Å². The minimum atomic E-state index is -0.611. The number of hydrogen-bond acceptors (Lipinski definition) is 3. The van der Waals surface area contributed by atoms with Crippen molar-refractivity contribution in [2.24, 2.45) is 0 Å². The first-order valence-corrected chi connectivity index (χ1v) is 4.17. The molecular formula is C9H9ClN2O. The second kappa shape index (κ2) is 4.70. The van der Waals surface area contributed by atoms with Gasteiger partial charge >= 0.3 is 0 Å². The number of nitriles is 1. The minimum absolute atomic E-state index is 0.234. The number of benzene rings is 1. The maximum atomic E-state index is 8.75. The predicted molar refractivity (Wildman–Crippen MR) is 51.6 cm³/mol. The Morgan fingerprint density at radius 1 is 1.54 bits per heavy atom. The summed E-state index contributed by atoms with van der Waals surface area (Å²) in [7, 11) is 0. The molecule has 4 heteroatoms. The Kier molecular flexibility index (Phi) is 3.56. The van der Waals surface area contributed by atoms with Gasteiger partial charge in [0.25, 0.3) is 0 Å². The van der Waals surface area contributed by atoms with Gasteiger partial charge in [-0.05, 0) is 12.1 Å². The number of aliphatic hydroxyl groups excluding tert-OH is 1. The van der Waals surface area contributed by atoms with Gasteiger partial charge in [0.05, 0.1) is 23.4 Å². The quantitative estimate of drug-likeness (QED) is 0.773. The van der Waals surface area contributed by atoms with E-state index in [1.54, 1.807) is 24.3 Å². The molecule has 0 aliphatic rings. The first-order valence-electron chi connectivity index (χ1n) is 3.79. The summed E-state index contributed by atoms with van der Waals surface area (Å²) in [6.45, 7) is -0.234. The SMILES string of the molecule is N#CC(CO)Nc1ccccc1Cl. The van der Waals surface area contributed by atoms with Crippen molar-refractivity contribution in [3.8, 4) is 6.07 Å². The number of rotatable bonds is 3. The van der Waals surface area contributed by atoms with Crippen LogP contribution in [-0.4, -0.2) is 17.8 Å². The summed E-state index contributed by atoms with van der Waals surface area (Å²) >= 11 is 5.83. The number of hydrogen-bond donors (Lipinski definition) is 2. The second-order valence-corrected chi connectivity index (χ2v) is 2.90. The smallest absolute Gasteiger partial charge is 0.137 e. The molecule has 1 rings (SSSR count). The Balaban J connectivity index is 2.74.